The zero-order valence-electron chi connectivity index (χ0n) is 22.0. The monoisotopic (exact) mass is 512 g/mol. The molecule has 4 aliphatic rings. The van der Waals surface area contributed by atoms with Gasteiger partial charge in [0.05, 0.1) is 35.9 Å². The van der Waals surface area contributed by atoms with Crippen molar-refractivity contribution in [1.82, 2.24) is 30.6 Å². The minimum Gasteiger partial charge on any atom is -0.341 e. The van der Waals surface area contributed by atoms with Crippen LogP contribution in [-0.4, -0.2) is 32.0 Å². The summed E-state index contributed by atoms with van der Waals surface area (Å²) in [5.74, 6) is 3.00. The maximum absolute atomic E-state index is 4.72. The van der Waals surface area contributed by atoms with Gasteiger partial charge in [-0.05, 0) is 76.6 Å². The van der Waals surface area contributed by atoms with Gasteiger partial charge in [-0.15, -0.1) is 0 Å². The SMILES string of the molecule is C[C@]12C[C@@H](c3ncc(-c4ccc5cc(-c6ccc(-c7cnc([C@@H]8C[C@@H]9C[C@@H]9N8)[nH]7)cc6)ccc5c4)[nH]3)N[C@H]1C2. The van der Waals surface area contributed by atoms with E-state index < -0.39 is 0 Å². The van der Waals surface area contributed by atoms with E-state index in [9.17, 15) is 0 Å². The fraction of sp³-hybridized carbons (Fsp3) is 0.333. The Bertz CT molecular complexity index is 1720. The highest BCUT2D eigenvalue weighted by Crippen LogP contribution is 2.57. The van der Waals surface area contributed by atoms with Crippen LogP contribution in [0.15, 0.2) is 73.1 Å². The Hall–Kier alpha value is -3.74. The van der Waals surface area contributed by atoms with Crippen LogP contribution in [0, 0.1) is 11.3 Å². The molecule has 2 aromatic heterocycles. The molecule has 4 N–H and O–H groups in total. The number of aromatic nitrogens is 4. The molecule has 0 spiro atoms. The van der Waals surface area contributed by atoms with E-state index in [-0.39, 0.29) is 0 Å². The highest BCUT2D eigenvalue weighted by Gasteiger charge is 2.57. The molecule has 2 aliphatic carbocycles. The van der Waals surface area contributed by atoms with Gasteiger partial charge < -0.3 is 20.6 Å². The third kappa shape index (κ3) is 3.69. The van der Waals surface area contributed by atoms with Crippen LogP contribution in [0.4, 0.5) is 0 Å². The number of aromatic amines is 2. The van der Waals surface area contributed by atoms with Crippen molar-refractivity contribution in [3.05, 3.63) is 84.7 Å². The third-order valence-electron chi connectivity index (χ3n) is 9.83. The average Bonchev–Trinajstić information content (AvgIpc) is 3.48. The number of benzene rings is 3. The second-order valence-electron chi connectivity index (χ2n) is 12.6. The molecule has 6 atom stereocenters. The molecule has 2 saturated carbocycles. The fourth-order valence-corrected chi connectivity index (χ4v) is 7.12. The first-order valence-electron chi connectivity index (χ1n) is 14.3. The van der Waals surface area contributed by atoms with Gasteiger partial charge in [-0.3, -0.25) is 0 Å². The van der Waals surface area contributed by atoms with Crippen LogP contribution >= 0.6 is 0 Å². The lowest BCUT2D eigenvalue weighted by Gasteiger charge is -2.11. The van der Waals surface area contributed by atoms with E-state index in [0.717, 1.165) is 35.0 Å². The lowest BCUT2D eigenvalue weighted by Crippen LogP contribution is -2.18. The van der Waals surface area contributed by atoms with Crippen LogP contribution in [0.2, 0.25) is 0 Å². The molecule has 9 rings (SSSR count). The number of hydrogen-bond acceptors (Lipinski definition) is 4. The Balaban J connectivity index is 0.932. The first-order chi connectivity index (χ1) is 19.1. The molecule has 0 amide bonds. The molecule has 194 valence electrons. The second-order valence-corrected chi connectivity index (χ2v) is 12.6. The van der Waals surface area contributed by atoms with Gasteiger partial charge in [0.25, 0.3) is 0 Å². The Labute approximate surface area is 227 Å². The van der Waals surface area contributed by atoms with Crippen molar-refractivity contribution in [3.63, 3.8) is 0 Å². The van der Waals surface area contributed by atoms with Gasteiger partial charge in [-0.25, -0.2) is 9.97 Å². The maximum Gasteiger partial charge on any atom is 0.123 e. The zero-order valence-corrected chi connectivity index (χ0v) is 22.0. The summed E-state index contributed by atoms with van der Waals surface area (Å²) in [6.45, 7) is 2.38. The van der Waals surface area contributed by atoms with Gasteiger partial charge in [0.2, 0.25) is 0 Å². The third-order valence-corrected chi connectivity index (χ3v) is 9.83. The number of H-pyrrole nitrogens is 2. The van der Waals surface area contributed by atoms with Crippen LogP contribution in [0.3, 0.4) is 0 Å². The van der Waals surface area contributed by atoms with E-state index in [1.54, 1.807) is 0 Å². The normalized spacial score (nSPS) is 30.4. The van der Waals surface area contributed by atoms with Crippen LogP contribution in [0.5, 0.6) is 0 Å². The zero-order chi connectivity index (χ0) is 25.7. The summed E-state index contributed by atoms with van der Waals surface area (Å²) < 4.78 is 0. The van der Waals surface area contributed by atoms with Gasteiger partial charge in [-0.2, -0.15) is 0 Å². The largest absolute Gasteiger partial charge is 0.341 e. The van der Waals surface area contributed by atoms with Gasteiger partial charge in [0, 0.05) is 17.6 Å². The smallest absolute Gasteiger partial charge is 0.123 e. The predicted octanol–water partition coefficient (Wildman–Crippen LogP) is 6.52. The molecule has 0 radical (unpaired) electrons. The van der Waals surface area contributed by atoms with E-state index >= 15 is 0 Å². The van der Waals surface area contributed by atoms with Crippen molar-refractivity contribution in [2.24, 2.45) is 11.3 Å². The number of nitrogens with zero attached hydrogens (tertiary/aromatic N) is 2. The van der Waals surface area contributed by atoms with Crippen LogP contribution in [0.1, 0.15) is 56.3 Å². The molecular formula is C33H32N6. The van der Waals surface area contributed by atoms with Crippen molar-refractivity contribution in [1.29, 1.82) is 0 Å². The molecule has 6 heteroatoms. The topological polar surface area (TPSA) is 81.4 Å². The second kappa shape index (κ2) is 7.90. The van der Waals surface area contributed by atoms with Gasteiger partial charge in [0.15, 0.2) is 0 Å². The van der Waals surface area contributed by atoms with E-state index in [2.05, 4.69) is 93.2 Å². The predicted molar refractivity (Wildman–Crippen MR) is 154 cm³/mol. The molecule has 4 fully saturated rings. The highest BCUT2D eigenvalue weighted by atomic mass is 15.1. The Morgan fingerprint density at radius 3 is 2.00 bits per heavy atom. The summed E-state index contributed by atoms with van der Waals surface area (Å²) in [5, 5.41) is 9.89. The highest BCUT2D eigenvalue weighted by molar-refractivity contribution is 5.90. The van der Waals surface area contributed by atoms with Crippen molar-refractivity contribution in [2.75, 3.05) is 0 Å². The molecule has 2 aliphatic heterocycles. The van der Waals surface area contributed by atoms with Crippen LogP contribution in [-0.2, 0) is 0 Å². The standard InChI is InChI=1S/C33H32N6/c1-33-14-27(37-30(33)15-33)32-35-17-29(39-32)23-9-8-21-10-20(6-7-22(21)11-23)18-2-4-19(5-3-18)28-16-34-31(38-28)26-13-24-12-25(24)36-26/h2-11,16-17,24-27,30,36-37H,12-15H2,1H3,(H,34,38)(H,35,39)/t24-,25-,26-,27-,30-,33+/m0/s1. The molecule has 39 heavy (non-hydrogen) atoms. The maximum atomic E-state index is 4.72. The molecular weight excluding hydrogens is 480 g/mol. The van der Waals surface area contributed by atoms with Crippen LogP contribution < -0.4 is 10.6 Å². The van der Waals surface area contributed by atoms with Crippen LogP contribution in [0.25, 0.3) is 44.4 Å². The van der Waals surface area contributed by atoms with Gasteiger partial charge in [0.1, 0.15) is 11.6 Å². The molecule has 6 nitrogen and oxygen atoms in total. The summed E-state index contributed by atoms with van der Waals surface area (Å²) in [6, 6.07) is 24.4. The van der Waals surface area contributed by atoms with E-state index in [4.69, 9.17) is 4.98 Å². The molecule has 4 heterocycles. The summed E-state index contributed by atoms with van der Waals surface area (Å²) in [6.07, 6.45) is 8.98. The number of hydrogen-bond donors (Lipinski definition) is 4. The van der Waals surface area contributed by atoms with E-state index in [0.29, 0.717) is 23.5 Å². The Morgan fingerprint density at radius 1 is 0.667 bits per heavy atom. The van der Waals surface area contributed by atoms with E-state index in [1.165, 1.54) is 58.7 Å². The number of nitrogens with one attached hydrogen (secondary N) is 4. The lowest BCUT2D eigenvalue weighted by atomic mass is 9.98. The van der Waals surface area contributed by atoms with Crippen molar-refractivity contribution < 1.29 is 0 Å². The van der Waals surface area contributed by atoms with Crippen molar-refractivity contribution >= 4 is 10.8 Å². The number of piperidine rings is 2. The molecule has 0 bridgehead atoms. The Morgan fingerprint density at radius 2 is 1.31 bits per heavy atom. The van der Waals surface area contributed by atoms with Crippen molar-refractivity contribution in [3.8, 4) is 33.6 Å². The molecule has 5 aromatic rings. The number of imidazole rings is 2. The molecule has 0 unspecified atom stereocenters. The molecule has 3 aromatic carbocycles. The van der Waals surface area contributed by atoms with Gasteiger partial charge >= 0.3 is 0 Å². The average molecular weight is 513 g/mol. The Kier molecular flexibility index (Phi) is 4.48. The number of rotatable bonds is 5. The lowest BCUT2D eigenvalue weighted by molar-refractivity contribution is 0.488. The summed E-state index contributed by atoms with van der Waals surface area (Å²) >= 11 is 0. The summed E-state index contributed by atoms with van der Waals surface area (Å²) in [7, 11) is 0. The summed E-state index contributed by atoms with van der Waals surface area (Å²) in [5.41, 5.74) is 7.44. The first kappa shape index (κ1) is 22.1. The van der Waals surface area contributed by atoms with E-state index in [1.807, 2.05) is 12.4 Å². The molecule has 2 saturated heterocycles. The minimum atomic E-state index is 0.349. The fourth-order valence-electron chi connectivity index (χ4n) is 7.12. The first-order valence-corrected chi connectivity index (χ1v) is 14.3. The number of fused-ring (bicyclic) bond motifs is 3. The summed E-state index contributed by atoms with van der Waals surface area (Å²) in [4.78, 5) is 16.5. The van der Waals surface area contributed by atoms with Gasteiger partial charge in [-0.1, -0.05) is 55.5 Å². The minimum absolute atomic E-state index is 0.349. The van der Waals surface area contributed by atoms with Crippen molar-refractivity contribution in [2.45, 2.75) is 56.8 Å². The quantitative estimate of drug-likeness (QED) is 0.216.